The zero-order valence-corrected chi connectivity index (χ0v) is 21.9. The molecule has 0 saturated heterocycles. The number of carboxylic acids is 2. The van der Waals surface area contributed by atoms with Crippen molar-refractivity contribution < 1.29 is 44.4 Å². The average molecular weight is 568 g/mol. The van der Waals surface area contributed by atoms with E-state index in [1.807, 2.05) is 0 Å². The summed E-state index contributed by atoms with van der Waals surface area (Å²) in [5.74, 6) is -5.59. The maximum atomic E-state index is 13.2. The Balaban J connectivity index is 3.05. The number of carboxylic acid groups (broad SMARTS) is 2. The summed E-state index contributed by atoms with van der Waals surface area (Å²) < 4.78 is 0. The lowest BCUT2D eigenvalue weighted by Crippen LogP contribution is -2.60. The smallest absolute Gasteiger partial charge is 0.326 e. The lowest BCUT2D eigenvalue weighted by molar-refractivity contribution is -0.144. The summed E-state index contributed by atoms with van der Waals surface area (Å²) in [7, 11) is 0. The van der Waals surface area contributed by atoms with Crippen LogP contribution in [0.1, 0.15) is 38.2 Å². The number of amides is 3. The highest BCUT2D eigenvalue weighted by Gasteiger charge is 2.33. The van der Waals surface area contributed by atoms with Crippen LogP contribution in [0.5, 0.6) is 5.75 Å². The van der Waals surface area contributed by atoms with Crippen LogP contribution in [0, 0.1) is 0 Å². The number of phenols is 1. The first-order chi connectivity index (χ1) is 18.7. The number of nitrogens with one attached hydrogen (secondary N) is 3. The molecular weight excluding hydrogens is 530 g/mol. The molecule has 3 amide bonds. The molecule has 0 aromatic heterocycles. The van der Waals surface area contributed by atoms with Gasteiger partial charge in [-0.2, -0.15) is 0 Å². The topological polar surface area (TPSA) is 293 Å². The molecule has 16 nitrogen and oxygen atoms in total. The van der Waals surface area contributed by atoms with Gasteiger partial charge in [0.25, 0.3) is 0 Å². The number of hydrogen-bond acceptors (Lipinski definition) is 9. The van der Waals surface area contributed by atoms with Crippen LogP contribution in [0.4, 0.5) is 0 Å². The minimum atomic E-state index is -1.65. The summed E-state index contributed by atoms with van der Waals surface area (Å²) >= 11 is 0. The van der Waals surface area contributed by atoms with Gasteiger partial charge in [-0.3, -0.25) is 24.2 Å². The van der Waals surface area contributed by atoms with Crippen molar-refractivity contribution in [2.24, 2.45) is 22.2 Å². The van der Waals surface area contributed by atoms with Crippen molar-refractivity contribution in [1.29, 1.82) is 0 Å². The molecule has 5 atom stereocenters. The minimum Gasteiger partial charge on any atom is -0.508 e. The first kappa shape index (κ1) is 33.6. The summed E-state index contributed by atoms with van der Waals surface area (Å²) in [6.07, 6.45) is -2.02. The van der Waals surface area contributed by atoms with Crippen molar-refractivity contribution in [3.8, 4) is 5.75 Å². The van der Waals surface area contributed by atoms with E-state index in [1.54, 1.807) is 0 Å². The summed E-state index contributed by atoms with van der Waals surface area (Å²) in [6, 6.07) is 0.194. The molecule has 0 radical (unpaired) electrons. The Morgan fingerprint density at radius 3 is 2.02 bits per heavy atom. The second-order valence-electron chi connectivity index (χ2n) is 9.05. The molecule has 0 heterocycles. The highest BCUT2D eigenvalue weighted by molar-refractivity contribution is 5.94. The van der Waals surface area contributed by atoms with E-state index < -0.39 is 72.8 Å². The van der Waals surface area contributed by atoms with Gasteiger partial charge in [0, 0.05) is 19.4 Å². The zero-order chi connectivity index (χ0) is 30.4. The predicted molar refractivity (Wildman–Crippen MR) is 142 cm³/mol. The Bertz CT molecular complexity index is 1060. The molecule has 222 valence electrons. The number of benzene rings is 1. The van der Waals surface area contributed by atoms with Crippen LogP contribution in [-0.2, 0) is 30.4 Å². The van der Waals surface area contributed by atoms with Crippen molar-refractivity contribution in [2.75, 3.05) is 6.54 Å². The fourth-order valence-electron chi connectivity index (χ4n) is 3.45. The molecule has 5 unspecified atom stereocenters. The maximum Gasteiger partial charge on any atom is 0.326 e. The number of aliphatic hydroxyl groups is 1. The molecule has 40 heavy (non-hydrogen) atoms. The number of hydrogen-bond donors (Lipinski definition) is 10. The molecule has 0 aliphatic heterocycles. The quantitative estimate of drug-likeness (QED) is 0.0515. The average Bonchev–Trinajstić information content (AvgIpc) is 2.87. The van der Waals surface area contributed by atoms with Gasteiger partial charge in [0.05, 0.1) is 12.1 Å². The normalized spacial score (nSPS) is 14.5. The van der Waals surface area contributed by atoms with E-state index in [1.165, 1.54) is 31.2 Å². The Morgan fingerprint density at radius 2 is 1.50 bits per heavy atom. The van der Waals surface area contributed by atoms with Crippen molar-refractivity contribution in [2.45, 2.75) is 69.3 Å². The third-order valence-electron chi connectivity index (χ3n) is 5.64. The van der Waals surface area contributed by atoms with Crippen molar-refractivity contribution in [3.05, 3.63) is 29.8 Å². The third kappa shape index (κ3) is 12.4. The van der Waals surface area contributed by atoms with Gasteiger partial charge in [0.15, 0.2) is 5.96 Å². The van der Waals surface area contributed by atoms with Gasteiger partial charge in [-0.05, 0) is 43.9 Å². The summed E-state index contributed by atoms with van der Waals surface area (Å²) in [4.78, 5) is 64.8. The van der Waals surface area contributed by atoms with Gasteiger partial charge in [0.1, 0.15) is 23.9 Å². The number of guanidine groups is 1. The fourth-order valence-corrected chi connectivity index (χ4v) is 3.45. The van der Waals surface area contributed by atoms with E-state index in [4.69, 9.17) is 22.3 Å². The monoisotopic (exact) mass is 567 g/mol. The number of aliphatic hydroxyl groups excluding tert-OH is 1. The molecule has 0 aliphatic rings. The minimum absolute atomic E-state index is 0.0293. The number of aliphatic carboxylic acids is 2. The number of nitrogens with two attached hydrogens (primary N) is 3. The standard InChI is InChI=1S/C24H37N7O9/c1-12(32)19(22(38)29-16(23(39)40)8-9-18(34)35)31-21(37)17(11-13-4-6-14(33)7-5-13)30-20(36)15(25)3-2-10-28-24(26)27/h4-7,12,15-17,19,32-33H,2-3,8-11,25H2,1H3,(H,29,38)(H,30,36)(H,31,37)(H,34,35)(H,39,40)(H4,26,27,28). The SMILES string of the molecule is CC(O)C(NC(=O)C(Cc1ccc(O)cc1)NC(=O)C(N)CCCN=C(N)N)C(=O)NC(CCC(=O)O)C(=O)O. The summed E-state index contributed by atoms with van der Waals surface area (Å²) in [5.41, 5.74) is 17.0. The van der Waals surface area contributed by atoms with E-state index in [0.717, 1.165) is 0 Å². The van der Waals surface area contributed by atoms with Crippen molar-refractivity contribution in [1.82, 2.24) is 16.0 Å². The van der Waals surface area contributed by atoms with E-state index in [9.17, 15) is 39.3 Å². The predicted octanol–water partition coefficient (Wildman–Crippen LogP) is -2.90. The van der Waals surface area contributed by atoms with Gasteiger partial charge < -0.3 is 53.6 Å². The lowest BCUT2D eigenvalue weighted by atomic mass is 10.0. The molecule has 13 N–H and O–H groups in total. The first-order valence-electron chi connectivity index (χ1n) is 12.3. The second kappa shape index (κ2) is 16.5. The van der Waals surface area contributed by atoms with Crippen LogP contribution in [0.15, 0.2) is 29.3 Å². The van der Waals surface area contributed by atoms with Crippen LogP contribution in [0.3, 0.4) is 0 Å². The van der Waals surface area contributed by atoms with Crippen LogP contribution in [-0.4, -0.2) is 92.9 Å². The lowest BCUT2D eigenvalue weighted by Gasteiger charge is -2.26. The largest absolute Gasteiger partial charge is 0.508 e. The van der Waals surface area contributed by atoms with Crippen LogP contribution < -0.4 is 33.2 Å². The fraction of sp³-hybridized carbons (Fsp3) is 0.500. The van der Waals surface area contributed by atoms with Gasteiger partial charge in [-0.1, -0.05) is 12.1 Å². The van der Waals surface area contributed by atoms with E-state index in [0.29, 0.717) is 12.0 Å². The Morgan fingerprint density at radius 1 is 0.900 bits per heavy atom. The van der Waals surface area contributed by atoms with Crippen LogP contribution in [0.25, 0.3) is 0 Å². The highest BCUT2D eigenvalue weighted by Crippen LogP contribution is 2.12. The Hall–Kier alpha value is -4.44. The zero-order valence-electron chi connectivity index (χ0n) is 21.9. The maximum absolute atomic E-state index is 13.2. The Kier molecular flexibility index (Phi) is 13.9. The molecule has 0 fully saturated rings. The van der Waals surface area contributed by atoms with E-state index in [2.05, 4.69) is 20.9 Å². The molecule has 0 aliphatic carbocycles. The molecule has 0 spiro atoms. The number of phenolic OH excluding ortho intramolecular Hbond substituents is 1. The summed E-state index contributed by atoms with van der Waals surface area (Å²) in [5, 5.41) is 44.7. The number of rotatable bonds is 17. The highest BCUT2D eigenvalue weighted by atomic mass is 16.4. The van der Waals surface area contributed by atoms with Crippen molar-refractivity contribution >= 4 is 35.6 Å². The van der Waals surface area contributed by atoms with E-state index in [-0.39, 0.29) is 31.1 Å². The molecule has 1 rings (SSSR count). The third-order valence-corrected chi connectivity index (χ3v) is 5.64. The number of aliphatic imine (C=N–C) groups is 1. The van der Waals surface area contributed by atoms with Crippen LogP contribution >= 0.6 is 0 Å². The second-order valence-corrected chi connectivity index (χ2v) is 9.05. The number of aromatic hydroxyl groups is 1. The summed E-state index contributed by atoms with van der Waals surface area (Å²) in [6.45, 7) is 1.41. The molecule has 16 heteroatoms. The van der Waals surface area contributed by atoms with Gasteiger partial charge in [0.2, 0.25) is 17.7 Å². The van der Waals surface area contributed by atoms with E-state index >= 15 is 0 Å². The number of nitrogens with zero attached hydrogens (tertiary/aromatic N) is 1. The van der Waals surface area contributed by atoms with Crippen molar-refractivity contribution in [3.63, 3.8) is 0 Å². The van der Waals surface area contributed by atoms with Gasteiger partial charge >= 0.3 is 11.9 Å². The molecule has 1 aromatic rings. The first-order valence-corrected chi connectivity index (χ1v) is 12.3. The Labute approximate surface area is 230 Å². The molecular formula is C24H37N7O9. The number of carbonyl (C=O) groups excluding carboxylic acids is 3. The van der Waals surface area contributed by atoms with Gasteiger partial charge in [-0.25, -0.2) is 4.79 Å². The van der Waals surface area contributed by atoms with Crippen LogP contribution in [0.2, 0.25) is 0 Å². The molecule has 0 bridgehead atoms. The molecule has 1 aromatic carbocycles. The van der Waals surface area contributed by atoms with Gasteiger partial charge in [-0.15, -0.1) is 0 Å². The molecule has 0 saturated carbocycles. The number of carbonyl (C=O) groups is 5.